The van der Waals surface area contributed by atoms with Crippen molar-refractivity contribution in [1.82, 2.24) is 10.6 Å². The van der Waals surface area contributed by atoms with E-state index in [1.165, 1.54) is 11.1 Å². The van der Waals surface area contributed by atoms with Crippen molar-refractivity contribution in [3.63, 3.8) is 0 Å². The first-order chi connectivity index (χ1) is 13.6. The Hall–Kier alpha value is -2.34. The van der Waals surface area contributed by atoms with Gasteiger partial charge in [-0.25, -0.2) is 0 Å². The molecule has 5 nitrogen and oxygen atoms in total. The van der Waals surface area contributed by atoms with Gasteiger partial charge in [0.2, 0.25) is 0 Å². The molecule has 2 rings (SSSR count). The van der Waals surface area contributed by atoms with E-state index in [4.69, 9.17) is 4.74 Å². The van der Waals surface area contributed by atoms with Crippen LogP contribution in [0.5, 0.6) is 5.75 Å². The third-order valence-corrected chi connectivity index (χ3v) is 5.52. The lowest BCUT2D eigenvalue weighted by Crippen LogP contribution is -2.38. The van der Waals surface area contributed by atoms with Crippen molar-refractivity contribution in [1.29, 1.82) is 0 Å². The van der Waals surface area contributed by atoms with E-state index in [2.05, 4.69) is 34.7 Å². The molecule has 0 aliphatic rings. The number of rotatable bonds is 10. The lowest BCUT2D eigenvalue weighted by molar-refractivity contribution is 0.409. The summed E-state index contributed by atoms with van der Waals surface area (Å²) in [5, 5.41) is 6.59. The minimum atomic E-state index is -0.913. The quantitative estimate of drug-likeness (QED) is 0.474. The third kappa shape index (κ3) is 7.72. The molecule has 1 atom stereocenters. The topological polar surface area (TPSA) is 62.7 Å². The van der Waals surface area contributed by atoms with Crippen LogP contribution in [0.2, 0.25) is 0 Å². The molecule has 152 valence electrons. The van der Waals surface area contributed by atoms with Gasteiger partial charge in [0, 0.05) is 35.4 Å². The van der Waals surface area contributed by atoms with Gasteiger partial charge in [-0.1, -0.05) is 48.0 Å². The summed E-state index contributed by atoms with van der Waals surface area (Å²) in [6.45, 7) is 6.18. The van der Waals surface area contributed by atoms with Crippen LogP contribution in [-0.2, 0) is 23.0 Å². The number of nitrogens with zero attached hydrogens (tertiary/aromatic N) is 1. The molecule has 0 heterocycles. The van der Waals surface area contributed by atoms with E-state index in [9.17, 15) is 4.21 Å². The van der Waals surface area contributed by atoms with Crippen molar-refractivity contribution in [2.45, 2.75) is 26.0 Å². The van der Waals surface area contributed by atoms with Crippen molar-refractivity contribution in [3.8, 4) is 5.75 Å². The number of hydrogen-bond acceptors (Lipinski definition) is 3. The number of aliphatic imine (C=N–C) groups is 1. The zero-order valence-electron chi connectivity index (χ0n) is 17.0. The Bertz CT molecular complexity index is 779. The van der Waals surface area contributed by atoms with E-state index >= 15 is 0 Å². The monoisotopic (exact) mass is 401 g/mol. The van der Waals surface area contributed by atoms with E-state index in [-0.39, 0.29) is 0 Å². The van der Waals surface area contributed by atoms with Gasteiger partial charge in [-0.05, 0) is 37.5 Å². The maximum Gasteiger partial charge on any atom is 0.191 e. The third-order valence-electron chi connectivity index (χ3n) is 4.23. The molecule has 0 aromatic heterocycles. The Kier molecular flexibility index (Phi) is 9.55. The van der Waals surface area contributed by atoms with Crippen LogP contribution in [0.25, 0.3) is 0 Å². The van der Waals surface area contributed by atoms with Crippen molar-refractivity contribution >= 4 is 16.8 Å². The fourth-order valence-corrected chi connectivity index (χ4v) is 3.86. The minimum absolute atomic E-state index is 0.530. The fourth-order valence-electron chi connectivity index (χ4n) is 2.85. The van der Waals surface area contributed by atoms with E-state index in [0.717, 1.165) is 36.8 Å². The Morgan fingerprint density at radius 1 is 1.14 bits per heavy atom. The van der Waals surface area contributed by atoms with Crippen molar-refractivity contribution in [2.24, 2.45) is 4.99 Å². The Balaban J connectivity index is 1.81. The van der Waals surface area contributed by atoms with E-state index in [0.29, 0.717) is 18.1 Å². The summed E-state index contributed by atoms with van der Waals surface area (Å²) >= 11 is 0. The minimum Gasteiger partial charge on any atom is -0.496 e. The van der Waals surface area contributed by atoms with Gasteiger partial charge in [0.1, 0.15) is 5.75 Å². The Morgan fingerprint density at radius 3 is 2.64 bits per heavy atom. The molecule has 28 heavy (non-hydrogen) atoms. The summed E-state index contributed by atoms with van der Waals surface area (Å²) in [6, 6.07) is 16.1. The first-order valence-electron chi connectivity index (χ1n) is 9.67. The number of guanidine groups is 1. The maximum atomic E-state index is 12.2. The average molecular weight is 402 g/mol. The Morgan fingerprint density at radius 2 is 1.93 bits per heavy atom. The van der Waals surface area contributed by atoms with Crippen LogP contribution >= 0.6 is 0 Å². The molecule has 6 heteroatoms. The highest BCUT2D eigenvalue weighted by molar-refractivity contribution is 7.84. The highest BCUT2D eigenvalue weighted by atomic mass is 32.2. The van der Waals surface area contributed by atoms with Gasteiger partial charge in [-0.15, -0.1) is 0 Å². The zero-order valence-corrected chi connectivity index (χ0v) is 17.8. The number of aryl methyl sites for hydroxylation is 1. The summed E-state index contributed by atoms with van der Waals surface area (Å²) < 4.78 is 17.7. The Labute approximate surface area is 171 Å². The largest absolute Gasteiger partial charge is 0.496 e. The van der Waals surface area contributed by atoms with Gasteiger partial charge >= 0.3 is 0 Å². The predicted octanol–water partition coefficient (Wildman–Crippen LogP) is 3.05. The molecule has 0 amide bonds. The van der Waals surface area contributed by atoms with Gasteiger partial charge in [-0.2, -0.15) is 0 Å². The number of benzene rings is 2. The van der Waals surface area contributed by atoms with Crippen molar-refractivity contribution in [3.05, 3.63) is 65.2 Å². The van der Waals surface area contributed by atoms with Crippen LogP contribution in [0.3, 0.4) is 0 Å². The molecule has 0 radical (unpaired) electrons. The standard InChI is InChI=1S/C22H31N3O2S/c1-4-23-22(24-13-12-20-16-18(2)10-11-21(20)27-3)25-14-15-28(26)17-19-8-6-5-7-9-19/h5-11,16H,4,12-15,17H2,1-3H3,(H2,23,24,25). The summed E-state index contributed by atoms with van der Waals surface area (Å²) in [5.41, 5.74) is 3.49. The number of nitrogens with one attached hydrogen (secondary N) is 2. The smallest absolute Gasteiger partial charge is 0.191 e. The second-order valence-corrected chi connectivity index (χ2v) is 8.10. The zero-order chi connectivity index (χ0) is 20.2. The second kappa shape index (κ2) is 12.2. The van der Waals surface area contributed by atoms with E-state index in [1.54, 1.807) is 7.11 Å². The van der Waals surface area contributed by atoms with Crippen molar-refractivity contribution in [2.75, 3.05) is 32.5 Å². The van der Waals surface area contributed by atoms with Crippen LogP contribution in [0, 0.1) is 6.92 Å². The van der Waals surface area contributed by atoms with Gasteiger partial charge in [0.05, 0.1) is 13.7 Å². The summed E-state index contributed by atoms with van der Waals surface area (Å²) in [6.07, 6.45) is 0.842. The predicted molar refractivity (Wildman–Crippen MR) is 119 cm³/mol. The molecule has 0 saturated heterocycles. The molecule has 0 spiro atoms. The SMILES string of the molecule is CCNC(=NCCS(=O)Cc1ccccc1)NCCc1cc(C)ccc1OC. The second-order valence-electron chi connectivity index (χ2n) is 6.53. The lowest BCUT2D eigenvalue weighted by atomic mass is 10.1. The lowest BCUT2D eigenvalue weighted by Gasteiger charge is -2.13. The van der Waals surface area contributed by atoms with Crippen LogP contribution in [0.1, 0.15) is 23.6 Å². The average Bonchev–Trinajstić information content (AvgIpc) is 2.69. The molecule has 0 aliphatic heterocycles. The molecule has 2 aromatic rings. The van der Waals surface area contributed by atoms with Gasteiger partial charge < -0.3 is 15.4 Å². The highest BCUT2D eigenvalue weighted by Gasteiger charge is 2.05. The molecule has 0 bridgehead atoms. The number of ether oxygens (including phenoxy) is 1. The maximum absolute atomic E-state index is 12.2. The first-order valence-corrected chi connectivity index (χ1v) is 11.2. The molecule has 0 fully saturated rings. The molecular formula is C22H31N3O2S. The molecular weight excluding hydrogens is 370 g/mol. The number of hydrogen-bond donors (Lipinski definition) is 2. The fraction of sp³-hybridized carbons (Fsp3) is 0.409. The molecule has 2 N–H and O–H groups in total. The van der Waals surface area contributed by atoms with Crippen molar-refractivity contribution < 1.29 is 8.95 Å². The van der Waals surface area contributed by atoms with Gasteiger partial charge in [0.25, 0.3) is 0 Å². The van der Waals surface area contributed by atoms with Crippen LogP contribution < -0.4 is 15.4 Å². The van der Waals surface area contributed by atoms with E-state index in [1.807, 2.05) is 43.3 Å². The molecule has 2 aromatic carbocycles. The summed E-state index contributed by atoms with van der Waals surface area (Å²) in [7, 11) is 0.784. The molecule has 0 saturated carbocycles. The summed E-state index contributed by atoms with van der Waals surface area (Å²) in [4.78, 5) is 4.56. The molecule has 0 aliphatic carbocycles. The van der Waals surface area contributed by atoms with E-state index < -0.39 is 10.8 Å². The van der Waals surface area contributed by atoms with Crippen LogP contribution in [0.4, 0.5) is 0 Å². The van der Waals surface area contributed by atoms with Crippen LogP contribution in [-0.4, -0.2) is 42.7 Å². The normalized spacial score (nSPS) is 12.5. The van der Waals surface area contributed by atoms with Gasteiger partial charge in [0.15, 0.2) is 5.96 Å². The van der Waals surface area contributed by atoms with Crippen LogP contribution in [0.15, 0.2) is 53.5 Å². The molecule has 1 unspecified atom stereocenters. The highest BCUT2D eigenvalue weighted by Crippen LogP contribution is 2.19. The summed E-state index contributed by atoms with van der Waals surface area (Å²) in [5.74, 6) is 2.79. The first kappa shape index (κ1) is 22.0. The number of methoxy groups -OCH3 is 1. The van der Waals surface area contributed by atoms with Gasteiger partial charge in [-0.3, -0.25) is 9.20 Å².